The van der Waals surface area contributed by atoms with Crippen molar-refractivity contribution in [2.75, 3.05) is 23.8 Å². The van der Waals surface area contributed by atoms with Gasteiger partial charge in [0, 0.05) is 25.0 Å². The number of nitrogens with zero attached hydrogens (tertiary/aromatic N) is 2. The zero-order chi connectivity index (χ0) is 14.8. The van der Waals surface area contributed by atoms with E-state index in [0.717, 1.165) is 28.6 Å². The zero-order valence-electron chi connectivity index (χ0n) is 11.8. The van der Waals surface area contributed by atoms with Gasteiger partial charge in [0.15, 0.2) is 16.6 Å². The summed E-state index contributed by atoms with van der Waals surface area (Å²) in [6.45, 7) is 3.07. The Kier molecular flexibility index (Phi) is 3.66. The Hall–Kier alpha value is -2.28. The number of thiocarbonyl (C=S) groups is 1. The molecule has 1 aliphatic rings. The Balaban J connectivity index is 1.68. The van der Waals surface area contributed by atoms with Crippen LogP contribution in [-0.4, -0.2) is 28.1 Å². The molecule has 7 heteroatoms. The number of rotatable bonds is 2. The molecular weight excluding hydrogens is 288 g/mol. The molecule has 3 rings (SSSR count). The van der Waals surface area contributed by atoms with Gasteiger partial charge in [-0.15, -0.1) is 0 Å². The zero-order valence-corrected chi connectivity index (χ0v) is 12.7. The number of benzene rings is 1. The summed E-state index contributed by atoms with van der Waals surface area (Å²) in [7, 11) is 1.87. The molecule has 0 saturated carbocycles. The van der Waals surface area contributed by atoms with Crippen LogP contribution in [0.1, 0.15) is 5.69 Å². The van der Waals surface area contributed by atoms with E-state index in [1.807, 2.05) is 38.4 Å². The van der Waals surface area contributed by atoms with Gasteiger partial charge in [-0.05, 0) is 31.3 Å². The van der Waals surface area contributed by atoms with Gasteiger partial charge in [0.2, 0.25) is 0 Å². The average molecular weight is 304 g/mol. The molecule has 0 radical (unpaired) electrons. The van der Waals surface area contributed by atoms with Crippen LogP contribution in [0.5, 0.6) is 11.5 Å². The Morgan fingerprint density at radius 2 is 2.00 bits per heavy atom. The van der Waals surface area contributed by atoms with Gasteiger partial charge in [0.05, 0.1) is 11.4 Å². The van der Waals surface area contributed by atoms with E-state index in [9.17, 15) is 0 Å². The third kappa shape index (κ3) is 3.08. The van der Waals surface area contributed by atoms with Gasteiger partial charge < -0.3 is 20.1 Å². The quantitative estimate of drug-likeness (QED) is 0.830. The molecule has 0 aliphatic carbocycles. The normalized spacial score (nSPS) is 12.9. The van der Waals surface area contributed by atoms with E-state index >= 15 is 0 Å². The van der Waals surface area contributed by atoms with E-state index in [4.69, 9.17) is 21.7 Å². The van der Waals surface area contributed by atoms with Crippen molar-refractivity contribution in [1.82, 2.24) is 9.78 Å². The van der Waals surface area contributed by atoms with Crippen molar-refractivity contribution in [1.29, 1.82) is 0 Å². The number of fused-ring (bicyclic) bond motifs is 1. The molecule has 0 spiro atoms. The second-order valence-electron chi connectivity index (χ2n) is 4.74. The maximum atomic E-state index is 5.54. The van der Waals surface area contributed by atoms with E-state index < -0.39 is 0 Å². The molecule has 21 heavy (non-hydrogen) atoms. The van der Waals surface area contributed by atoms with Crippen LogP contribution in [0.15, 0.2) is 24.4 Å². The third-order valence-electron chi connectivity index (χ3n) is 3.06. The number of hydrogen-bond donors (Lipinski definition) is 2. The number of anilines is 2. The topological polar surface area (TPSA) is 60.3 Å². The van der Waals surface area contributed by atoms with Crippen LogP contribution in [0.3, 0.4) is 0 Å². The van der Waals surface area contributed by atoms with Crippen LogP contribution in [0.4, 0.5) is 11.4 Å². The standard InChI is InChI=1S/C14H16N4O2S/c1-9-11(8-18(2)17-9)16-14(21)15-10-3-4-12-13(7-10)20-6-5-19-12/h3-4,7-8H,5-6H2,1-2H3,(H2,15,16,21). The number of aryl methyl sites for hydroxylation is 2. The summed E-state index contributed by atoms with van der Waals surface area (Å²) in [4.78, 5) is 0. The summed E-state index contributed by atoms with van der Waals surface area (Å²) >= 11 is 5.31. The summed E-state index contributed by atoms with van der Waals surface area (Å²) in [6, 6.07) is 5.64. The summed E-state index contributed by atoms with van der Waals surface area (Å²) in [6.07, 6.45) is 1.88. The number of ether oxygens (including phenoxy) is 2. The Morgan fingerprint density at radius 1 is 1.24 bits per heavy atom. The lowest BCUT2D eigenvalue weighted by atomic mass is 10.2. The first-order valence-electron chi connectivity index (χ1n) is 6.60. The molecule has 2 aromatic rings. The van der Waals surface area contributed by atoms with Crippen LogP contribution >= 0.6 is 12.2 Å². The lowest BCUT2D eigenvalue weighted by molar-refractivity contribution is 0.171. The number of nitrogens with one attached hydrogen (secondary N) is 2. The molecule has 0 unspecified atom stereocenters. The molecule has 1 aromatic carbocycles. The molecule has 6 nitrogen and oxygen atoms in total. The molecule has 2 heterocycles. The van der Waals surface area contributed by atoms with E-state index in [1.54, 1.807) is 4.68 Å². The van der Waals surface area contributed by atoms with Crippen LogP contribution < -0.4 is 20.1 Å². The molecule has 1 aliphatic heterocycles. The molecule has 0 bridgehead atoms. The second-order valence-corrected chi connectivity index (χ2v) is 5.15. The van der Waals surface area contributed by atoms with Crippen LogP contribution in [0.2, 0.25) is 0 Å². The molecule has 0 atom stereocenters. The Bertz CT molecular complexity index is 684. The summed E-state index contributed by atoms with van der Waals surface area (Å²) in [5.41, 5.74) is 2.62. The minimum atomic E-state index is 0.503. The monoisotopic (exact) mass is 304 g/mol. The highest BCUT2D eigenvalue weighted by Gasteiger charge is 2.12. The SMILES string of the molecule is Cc1nn(C)cc1NC(=S)Nc1ccc2c(c1)OCCO2. The van der Waals surface area contributed by atoms with Gasteiger partial charge in [-0.25, -0.2) is 0 Å². The molecule has 0 saturated heterocycles. The first-order chi connectivity index (χ1) is 10.1. The second kappa shape index (κ2) is 5.61. The molecule has 2 N–H and O–H groups in total. The summed E-state index contributed by atoms with van der Waals surface area (Å²) in [5.74, 6) is 1.49. The van der Waals surface area contributed by atoms with Crippen LogP contribution in [0.25, 0.3) is 0 Å². The molecular formula is C14H16N4O2S. The largest absolute Gasteiger partial charge is 0.486 e. The highest BCUT2D eigenvalue weighted by molar-refractivity contribution is 7.80. The first kappa shape index (κ1) is 13.7. The fourth-order valence-corrected chi connectivity index (χ4v) is 2.36. The van der Waals surface area contributed by atoms with Gasteiger partial charge in [-0.1, -0.05) is 0 Å². The van der Waals surface area contributed by atoms with Crippen molar-refractivity contribution in [2.45, 2.75) is 6.92 Å². The average Bonchev–Trinajstić information content (AvgIpc) is 2.76. The fraction of sp³-hybridized carbons (Fsp3) is 0.286. The first-order valence-corrected chi connectivity index (χ1v) is 7.00. The van der Waals surface area contributed by atoms with Crippen LogP contribution in [0, 0.1) is 6.92 Å². The number of hydrogen-bond acceptors (Lipinski definition) is 4. The number of aromatic nitrogens is 2. The Labute approximate surface area is 128 Å². The van der Waals surface area contributed by atoms with Crippen molar-refractivity contribution in [2.24, 2.45) is 7.05 Å². The fourth-order valence-electron chi connectivity index (χ4n) is 2.13. The lowest BCUT2D eigenvalue weighted by Gasteiger charge is -2.19. The van der Waals surface area contributed by atoms with Gasteiger partial charge in [0.25, 0.3) is 0 Å². The Morgan fingerprint density at radius 3 is 2.71 bits per heavy atom. The molecule has 0 amide bonds. The van der Waals surface area contributed by atoms with E-state index in [-0.39, 0.29) is 0 Å². The van der Waals surface area contributed by atoms with Crippen LogP contribution in [-0.2, 0) is 7.05 Å². The summed E-state index contributed by atoms with van der Waals surface area (Å²) in [5, 5.41) is 11.0. The van der Waals surface area contributed by atoms with Crippen molar-refractivity contribution in [3.8, 4) is 11.5 Å². The van der Waals surface area contributed by atoms with E-state index in [0.29, 0.717) is 18.3 Å². The molecule has 0 fully saturated rings. The van der Waals surface area contributed by atoms with Gasteiger partial charge in [-0.3, -0.25) is 4.68 Å². The predicted molar refractivity (Wildman–Crippen MR) is 85.2 cm³/mol. The highest BCUT2D eigenvalue weighted by atomic mass is 32.1. The minimum absolute atomic E-state index is 0.503. The van der Waals surface area contributed by atoms with Crippen molar-refractivity contribution < 1.29 is 9.47 Å². The molecule has 110 valence electrons. The van der Waals surface area contributed by atoms with Crippen molar-refractivity contribution in [3.63, 3.8) is 0 Å². The lowest BCUT2D eigenvalue weighted by Crippen LogP contribution is -2.20. The van der Waals surface area contributed by atoms with Gasteiger partial charge in [-0.2, -0.15) is 5.10 Å². The van der Waals surface area contributed by atoms with E-state index in [2.05, 4.69) is 15.7 Å². The smallest absolute Gasteiger partial charge is 0.175 e. The third-order valence-corrected chi connectivity index (χ3v) is 3.27. The minimum Gasteiger partial charge on any atom is -0.486 e. The highest BCUT2D eigenvalue weighted by Crippen LogP contribution is 2.32. The summed E-state index contributed by atoms with van der Waals surface area (Å²) < 4.78 is 12.8. The predicted octanol–water partition coefficient (Wildman–Crippen LogP) is 2.31. The van der Waals surface area contributed by atoms with Crippen molar-refractivity contribution >= 4 is 28.7 Å². The van der Waals surface area contributed by atoms with Crippen molar-refractivity contribution in [3.05, 3.63) is 30.1 Å². The molecule has 1 aromatic heterocycles. The van der Waals surface area contributed by atoms with Gasteiger partial charge >= 0.3 is 0 Å². The maximum Gasteiger partial charge on any atom is 0.175 e. The van der Waals surface area contributed by atoms with Gasteiger partial charge in [0.1, 0.15) is 13.2 Å². The van der Waals surface area contributed by atoms with E-state index in [1.165, 1.54) is 0 Å². The maximum absolute atomic E-state index is 5.54.